The minimum absolute atomic E-state index is 0.104. The van der Waals surface area contributed by atoms with Crippen LogP contribution in [0.5, 0.6) is 0 Å². The molecule has 6 heteroatoms. The van der Waals surface area contributed by atoms with Crippen molar-refractivity contribution in [3.63, 3.8) is 0 Å². The smallest absolute Gasteiger partial charge is 0.335 e. The molecule has 1 heterocycles. The first-order valence-corrected chi connectivity index (χ1v) is 6.99. The normalized spacial score (nSPS) is 15.3. The van der Waals surface area contributed by atoms with Gasteiger partial charge in [-0.25, -0.2) is 13.2 Å². The molecule has 1 N–H and O–H groups in total. The Morgan fingerprint density at radius 2 is 2.06 bits per heavy atom. The topological polar surface area (TPSA) is 74.7 Å². The summed E-state index contributed by atoms with van der Waals surface area (Å²) in [5.74, 6) is -1.11. The fourth-order valence-electron chi connectivity index (χ4n) is 1.95. The van der Waals surface area contributed by atoms with Gasteiger partial charge in [0.05, 0.1) is 11.3 Å². The van der Waals surface area contributed by atoms with E-state index in [1.54, 1.807) is 6.07 Å². The molecule has 1 aliphatic rings. The molecule has 2 rings (SSSR count). The third-order valence-electron chi connectivity index (χ3n) is 2.87. The SMILES string of the molecule is C=CCS(=O)(=O)N1Cc2ccc(C(=O)O)cc2C1. The van der Waals surface area contributed by atoms with Crippen LogP contribution in [-0.4, -0.2) is 29.6 Å². The van der Waals surface area contributed by atoms with E-state index in [-0.39, 0.29) is 17.9 Å². The van der Waals surface area contributed by atoms with Gasteiger partial charge < -0.3 is 5.11 Å². The van der Waals surface area contributed by atoms with E-state index in [2.05, 4.69) is 6.58 Å². The highest BCUT2D eigenvalue weighted by Crippen LogP contribution is 2.26. The van der Waals surface area contributed by atoms with Crippen molar-refractivity contribution >= 4 is 16.0 Å². The highest BCUT2D eigenvalue weighted by atomic mass is 32.2. The molecular formula is C12H13NO4S. The Morgan fingerprint density at radius 3 is 2.67 bits per heavy atom. The largest absolute Gasteiger partial charge is 0.478 e. The van der Waals surface area contributed by atoms with Gasteiger partial charge in [0.15, 0.2) is 0 Å². The van der Waals surface area contributed by atoms with Crippen LogP contribution in [0.2, 0.25) is 0 Å². The number of carboxylic acids is 1. The first kappa shape index (κ1) is 12.8. The van der Waals surface area contributed by atoms with E-state index in [0.29, 0.717) is 6.54 Å². The van der Waals surface area contributed by atoms with Crippen LogP contribution in [0.4, 0.5) is 0 Å². The Hall–Kier alpha value is -1.66. The minimum Gasteiger partial charge on any atom is -0.478 e. The molecule has 0 saturated carbocycles. The van der Waals surface area contributed by atoms with Crippen LogP contribution in [0.1, 0.15) is 21.5 Å². The second-order valence-electron chi connectivity index (χ2n) is 4.12. The van der Waals surface area contributed by atoms with Crippen molar-refractivity contribution in [3.05, 3.63) is 47.5 Å². The number of sulfonamides is 1. The highest BCUT2D eigenvalue weighted by molar-refractivity contribution is 7.89. The maximum atomic E-state index is 11.9. The summed E-state index contributed by atoms with van der Waals surface area (Å²) in [7, 11) is -3.34. The zero-order chi connectivity index (χ0) is 13.3. The maximum absolute atomic E-state index is 11.9. The molecule has 18 heavy (non-hydrogen) atoms. The molecule has 96 valence electrons. The van der Waals surface area contributed by atoms with Gasteiger partial charge in [0.2, 0.25) is 10.0 Å². The van der Waals surface area contributed by atoms with Crippen LogP contribution in [0, 0.1) is 0 Å². The van der Waals surface area contributed by atoms with E-state index < -0.39 is 16.0 Å². The molecule has 1 aliphatic heterocycles. The Labute approximate surface area is 105 Å². The Kier molecular flexibility index (Phi) is 3.23. The third kappa shape index (κ3) is 2.30. The molecule has 0 aromatic heterocycles. The van der Waals surface area contributed by atoms with E-state index in [0.717, 1.165) is 11.1 Å². The van der Waals surface area contributed by atoms with E-state index in [4.69, 9.17) is 5.11 Å². The van der Waals surface area contributed by atoms with Gasteiger partial charge in [-0.1, -0.05) is 12.1 Å². The van der Waals surface area contributed by atoms with Gasteiger partial charge in [0, 0.05) is 13.1 Å². The molecule has 0 saturated heterocycles. The number of nitrogens with zero attached hydrogens (tertiary/aromatic N) is 1. The summed E-state index contributed by atoms with van der Waals surface area (Å²) in [6.45, 7) is 3.95. The van der Waals surface area contributed by atoms with E-state index in [1.807, 2.05) is 0 Å². The van der Waals surface area contributed by atoms with Crippen molar-refractivity contribution in [1.29, 1.82) is 0 Å². The van der Waals surface area contributed by atoms with Crippen molar-refractivity contribution in [1.82, 2.24) is 4.31 Å². The van der Waals surface area contributed by atoms with Gasteiger partial charge in [-0.05, 0) is 23.3 Å². The Bertz CT molecular complexity index is 607. The molecule has 0 aliphatic carbocycles. The van der Waals surface area contributed by atoms with Crippen LogP contribution in [0.25, 0.3) is 0 Å². The molecular weight excluding hydrogens is 254 g/mol. The lowest BCUT2D eigenvalue weighted by molar-refractivity contribution is 0.0697. The quantitative estimate of drug-likeness (QED) is 0.832. The first-order chi connectivity index (χ1) is 8.44. The summed E-state index contributed by atoms with van der Waals surface area (Å²) in [6.07, 6.45) is 1.35. The van der Waals surface area contributed by atoms with E-state index >= 15 is 0 Å². The molecule has 0 unspecified atom stereocenters. The molecule has 0 amide bonds. The van der Waals surface area contributed by atoms with Gasteiger partial charge in [-0.2, -0.15) is 4.31 Å². The van der Waals surface area contributed by atoms with Crippen molar-refractivity contribution in [2.75, 3.05) is 5.75 Å². The van der Waals surface area contributed by atoms with E-state index in [1.165, 1.54) is 22.5 Å². The Morgan fingerprint density at radius 1 is 1.39 bits per heavy atom. The van der Waals surface area contributed by atoms with Gasteiger partial charge in [0.25, 0.3) is 0 Å². The van der Waals surface area contributed by atoms with Crippen molar-refractivity contribution in [2.24, 2.45) is 0 Å². The molecule has 0 bridgehead atoms. The standard InChI is InChI=1S/C12H13NO4S/c1-2-5-18(16,17)13-7-10-4-3-9(12(14)15)6-11(10)8-13/h2-4,6H,1,5,7-8H2,(H,14,15). The van der Waals surface area contributed by atoms with Crippen LogP contribution >= 0.6 is 0 Å². The second-order valence-corrected chi connectivity index (χ2v) is 6.14. The minimum atomic E-state index is -3.34. The summed E-state index contributed by atoms with van der Waals surface area (Å²) in [5.41, 5.74) is 1.78. The van der Waals surface area contributed by atoms with Gasteiger partial charge >= 0.3 is 5.97 Å². The number of aromatic carboxylic acids is 1. The summed E-state index contributed by atoms with van der Waals surface area (Å²) in [4.78, 5) is 10.8. The van der Waals surface area contributed by atoms with Crippen molar-refractivity contribution in [2.45, 2.75) is 13.1 Å². The van der Waals surface area contributed by atoms with Gasteiger partial charge in [-0.15, -0.1) is 6.58 Å². The molecule has 5 nitrogen and oxygen atoms in total. The molecule has 1 aromatic carbocycles. The maximum Gasteiger partial charge on any atom is 0.335 e. The Balaban J connectivity index is 2.28. The molecule has 0 radical (unpaired) electrons. The molecule has 0 fully saturated rings. The number of fused-ring (bicyclic) bond motifs is 1. The number of rotatable bonds is 4. The molecule has 1 aromatic rings. The van der Waals surface area contributed by atoms with E-state index in [9.17, 15) is 13.2 Å². The number of carboxylic acid groups (broad SMARTS) is 1. The second kappa shape index (κ2) is 4.55. The number of hydrogen-bond donors (Lipinski definition) is 1. The third-order valence-corrected chi connectivity index (χ3v) is 4.57. The molecule has 0 spiro atoms. The highest BCUT2D eigenvalue weighted by Gasteiger charge is 2.28. The summed E-state index contributed by atoms with van der Waals surface area (Å²) in [5, 5.41) is 8.88. The number of carbonyl (C=O) groups is 1. The lowest BCUT2D eigenvalue weighted by Crippen LogP contribution is -2.27. The fraction of sp³-hybridized carbons (Fsp3) is 0.250. The van der Waals surface area contributed by atoms with Crippen molar-refractivity contribution in [3.8, 4) is 0 Å². The average Bonchev–Trinajstić information content (AvgIpc) is 2.71. The van der Waals surface area contributed by atoms with Gasteiger partial charge in [-0.3, -0.25) is 0 Å². The summed E-state index contributed by atoms with van der Waals surface area (Å²) >= 11 is 0. The van der Waals surface area contributed by atoms with Crippen LogP contribution < -0.4 is 0 Å². The monoisotopic (exact) mass is 267 g/mol. The van der Waals surface area contributed by atoms with Crippen molar-refractivity contribution < 1.29 is 18.3 Å². The summed E-state index contributed by atoms with van der Waals surface area (Å²) in [6, 6.07) is 4.69. The zero-order valence-corrected chi connectivity index (χ0v) is 10.5. The number of hydrogen-bond acceptors (Lipinski definition) is 3. The predicted molar refractivity (Wildman–Crippen MR) is 66.6 cm³/mol. The molecule has 0 atom stereocenters. The zero-order valence-electron chi connectivity index (χ0n) is 9.67. The first-order valence-electron chi connectivity index (χ1n) is 5.38. The predicted octanol–water partition coefficient (Wildman–Crippen LogP) is 1.22. The number of benzene rings is 1. The van der Waals surface area contributed by atoms with Crippen LogP contribution in [0.3, 0.4) is 0 Å². The van der Waals surface area contributed by atoms with Crippen LogP contribution in [0.15, 0.2) is 30.9 Å². The van der Waals surface area contributed by atoms with Crippen LogP contribution in [-0.2, 0) is 23.1 Å². The summed E-state index contributed by atoms with van der Waals surface area (Å²) < 4.78 is 25.1. The average molecular weight is 267 g/mol. The van der Waals surface area contributed by atoms with Gasteiger partial charge in [0.1, 0.15) is 0 Å². The lowest BCUT2D eigenvalue weighted by atomic mass is 10.1. The fourth-order valence-corrected chi connectivity index (χ4v) is 3.13. The lowest BCUT2D eigenvalue weighted by Gasteiger charge is -2.13.